The number of benzene rings is 2. The smallest absolute Gasteiger partial charge is 0.282 e. The van der Waals surface area contributed by atoms with Gasteiger partial charge in [0.2, 0.25) is 0 Å². The molecular weight excluding hydrogens is 731 g/mol. The highest BCUT2D eigenvalue weighted by Crippen LogP contribution is 2.45. The molecule has 0 bridgehead atoms. The number of aromatic nitrogens is 2. The van der Waals surface area contributed by atoms with Crippen LogP contribution in [0.5, 0.6) is 0 Å². The van der Waals surface area contributed by atoms with Crippen molar-refractivity contribution in [1.82, 2.24) is 4.57 Å². The van der Waals surface area contributed by atoms with Gasteiger partial charge in [-0.15, -0.1) is 0 Å². The molecule has 0 unspecified atom stereocenters. The highest BCUT2D eigenvalue weighted by molar-refractivity contribution is 9.10. The van der Waals surface area contributed by atoms with Crippen LogP contribution < -0.4 is 14.4 Å². The van der Waals surface area contributed by atoms with E-state index in [9.17, 15) is 0 Å². The van der Waals surface area contributed by atoms with Gasteiger partial charge in [-0.25, -0.2) is 9.13 Å². The normalized spacial score (nSPS) is 14.2. The molecule has 0 aliphatic carbocycles. The lowest BCUT2D eigenvalue weighted by molar-refractivity contribution is -0.674. The van der Waals surface area contributed by atoms with E-state index in [0.717, 1.165) is 45.2 Å². The van der Waals surface area contributed by atoms with E-state index in [1.54, 1.807) is 0 Å². The third kappa shape index (κ3) is 8.91. The maximum absolute atomic E-state index is 6.61. The predicted octanol–water partition coefficient (Wildman–Crippen LogP) is 12.7. The highest BCUT2D eigenvalue weighted by Gasteiger charge is 2.31. The number of allylic oxidation sites excluding steroid dienone is 2. The Balaban J connectivity index is 1.68. The van der Waals surface area contributed by atoms with Crippen LogP contribution in [0.15, 0.2) is 51.2 Å². The molecule has 1 aliphatic heterocycles. The first-order valence-corrected chi connectivity index (χ1v) is 19.5. The first-order valence-electron chi connectivity index (χ1n) is 17.2. The second kappa shape index (κ2) is 18.2. The SMILES string of the molecule is CCCCCCCCN1/C(=C/C=C/c2n(CC)c3cc(Cl)c(Br)cc3[n+]2CCCCCCCC)N(CC)c2cc(Cl)c(Br)cc21. The topological polar surface area (TPSA) is 15.3 Å². The third-order valence-electron chi connectivity index (χ3n) is 8.90. The number of imidazole rings is 1. The molecule has 0 spiro atoms. The Morgan fingerprint density at radius 3 is 1.96 bits per heavy atom. The average Bonchev–Trinajstić information content (AvgIpc) is 3.46. The largest absolute Gasteiger partial charge is 0.326 e. The molecule has 4 rings (SSSR count). The fourth-order valence-corrected chi connectivity index (χ4v) is 7.50. The Bertz CT molecular complexity index is 1480. The molecule has 3 aromatic rings. The number of rotatable bonds is 18. The van der Waals surface area contributed by atoms with Crippen LogP contribution in [-0.2, 0) is 13.1 Å². The van der Waals surface area contributed by atoms with Crippen molar-refractivity contribution < 1.29 is 4.57 Å². The molecule has 0 N–H and O–H groups in total. The van der Waals surface area contributed by atoms with E-state index in [2.05, 4.69) is 121 Å². The van der Waals surface area contributed by atoms with Crippen LogP contribution in [0.2, 0.25) is 10.0 Å². The molecule has 2 heterocycles. The fraction of sp³-hybridized carbons (Fsp3) is 0.541. The first kappa shape index (κ1) is 36.4. The molecule has 8 heteroatoms. The van der Waals surface area contributed by atoms with E-state index in [4.69, 9.17) is 23.2 Å². The summed E-state index contributed by atoms with van der Waals surface area (Å²) in [7, 11) is 0. The van der Waals surface area contributed by atoms with Crippen LogP contribution in [0.25, 0.3) is 17.1 Å². The van der Waals surface area contributed by atoms with E-state index >= 15 is 0 Å². The average molecular weight is 783 g/mol. The lowest BCUT2D eigenvalue weighted by atomic mass is 10.1. The summed E-state index contributed by atoms with van der Waals surface area (Å²) in [4.78, 5) is 4.88. The van der Waals surface area contributed by atoms with E-state index in [-0.39, 0.29) is 0 Å². The maximum atomic E-state index is 6.61. The Labute approximate surface area is 298 Å². The second-order valence-corrected chi connectivity index (χ2v) is 14.6. The monoisotopic (exact) mass is 779 g/mol. The number of nitrogens with zero attached hydrogens (tertiary/aromatic N) is 4. The summed E-state index contributed by atoms with van der Waals surface area (Å²) in [5, 5.41) is 1.49. The van der Waals surface area contributed by atoms with Crippen molar-refractivity contribution in [2.45, 2.75) is 118 Å². The van der Waals surface area contributed by atoms with Crippen molar-refractivity contribution in [1.29, 1.82) is 0 Å². The highest BCUT2D eigenvalue weighted by atomic mass is 79.9. The minimum Gasteiger partial charge on any atom is -0.326 e. The molecule has 0 radical (unpaired) electrons. The summed E-state index contributed by atoms with van der Waals surface area (Å²) in [6, 6.07) is 8.59. The standard InChI is InChI=1S/C37H51Br2Cl2N4/c1-5-9-11-13-15-17-22-44-32-24-28(38)30(40)26-34(32)42(7-3)36(44)20-19-21-37-43(8-4)35-27-31(41)29(39)25-33(35)45(37)23-18-16-14-12-10-6-2/h19-21,24-27H,5-18,22-23H2,1-4H3/q+1. The Morgan fingerprint density at radius 1 is 0.689 bits per heavy atom. The van der Waals surface area contributed by atoms with Gasteiger partial charge in [0.05, 0.1) is 34.5 Å². The summed E-state index contributed by atoms with van der Waals surface area (Å²) in [5.74, 6) is 2.41. The molecule has 0 saturated heterocycles. The zero-order valence-corrected chi connectivity index (χ0v) is 32.3. The summed E-state index contributed by atoms with van der Waals surface area (Å²) in [6.07, 6.45) is 22.1. The van der Waals surface area contributed by atoms with Crippen molar-refractivity contribution >= 4 is 83.5 Å². The lowest BCUT2D eigenvalue weighted by Crippen LogP contribution is -2.36. The molecule has 0 amide bonds. The van der Waals surface area contributed by atoms with Gasteiger partial charge in [0.1, 0.15) is 5.82 Å². The molecule has 4 nitrogen and oxygen atoms in total. The molecule has 1 aromatic heterocycles. The third-order valence-corrected chi connectivity index (χ3v) is 11.3. The number of hydrogen-bond acceptors (Lipinski definition) is 2. The molecule has 0 fully saturated rings. The van der Waals surface area contributed by atoms with Gasteiger partial charge in [-0.1, -0.05) is 101 Å². The molecule has 246 valence electrons. The number of anilines is 2. The van der Waals surface area contributed by atoms with E-state index in [1.165, 1.54) is 111 Å². The fourth-order valence-electron chi connectivity index (χ4n) is 6.52. The van der Waals surface area contributed by atoms with Gasteiger partial charge in [-0.05, 0) is 83.2 Å². The van der Waals surface area contributed by atoms with Gasteiger partial charge < -0.3 is 9.80 Å². The number of halogens is 4. The van der Waals surface area contributed by atoms with Crippen molar-refractivity contribution in [3.05, 3.63) is 67.1 Å². The Hall–Kier alpha value is -1.47. The van der Waals surface area contributed by atoms with E-state index < -0.39 is 0 Å². The molecule has 0 saturated carbocycles. The zero-order valence-electron chi connectivity index (χ0n) is 27.7. The minimum atomic E-state index is 0.747. The Kier molecular flexibility index (Phi) is 14.7. The summed E-state index contributed by atoms with van der Waals surface area (Å²) < 4.78 is 6.76. The second-order valence-electron chi connectivity index (χ2n) is 12.1. The Morgan fingerprint density at radius 2 is 1.29 bits per heavy atom. The van der Waals surface area contributed by atoms with Crippen LogP contribution in [0.3, 0.4) is 0 Å². The maximum Gasteiger partial charge on any atom is 0.282 e. The summed E-state index contributed by atoms with van der Waals surface area (Å²) in [5.41, 5.74) is 4.80. The van der Waals surface area contributed by atoms with E-state index in [1.807, 2.05) is 0 Å². The van der Waals surface area contributed by atoms with Crippen LogP contribution in [0, 0.1) is 0 Å². The van der Waals surface area contributed by atoms with Crippen LogP contribution in [0.1, 0.15) is 111 Å². The quantitative estimate of drug-likeness (QED) is 0.0943. The van der Waals surface area contributed by atoms with Crippen molar-refractivity contribution in [2.24, 2.45) is 0 Å². The molecule has 45 heavy (non-hydrogen) atoms. The van der Waals surface area contributed by atoms with Gasteiger partial charge in [-0.2, -0.15) is 0 Å². The van der Waals surface area contributed by atoms with Crippen LogP contribution >= 0.6 is 55.1 Å². The van der Waals surface area contributed by atoms with Gasteiger partial charge in [-0.3, -0.25) is 0 Å². The number of unbranched alkanes of at least 4 members (excludes halogenated alkanes) is 10. The van der Waals surface area contributed by atoms with Crippen molar-refractivity contribution in [3.63, 3.8) is 0 Å². The van der Waals surface area contributed by atoms with Crippen LogP contribution in [-0.4, -0.2) is 17.7 Å². The van der Waals surface area contributed by atoms with Gasteiger partial charge >= 0.3 is 0 Å². The van der Waals surface area contributed by atoms with Crippen molar-refractivity contribution in [3.8, 4) is 0 Å². The minimum absolute atomic E-state index is 0.747. The summed E-state index contributed by atoms with van der Waals surface area (Å²) in [6.45, 7) is 12.7. The number of hydrogen-bond donors (Lipinski definition) is 0. The molecule has 0 atom stereocenters. The number of fused-ring (bicyclic) bond motifs is 2. The zero-order chi connectivity index (χ0) is 32.3. The van der Waals surface area contributed by atoms with Gasteiger partial charge in [0.15, 0.2) is 11.0 Å². The van der Waals surface area contributed by atoms with Crippen molar-refractivity contribution in [2.75, 3.05) is 22.9 Å². The number of aryl methyl sites for hydroxylation is 2. The van der Waals surface area contributed by atoms with Gasteiger partial charge in [0.25, 0.3) is 5.82 Å². The molecule has 2 aromatic carbocycles. The van der Waals surface area contributed by atoms with Gasteiger partial charge in [0, 0.05) is 40.2 Å². The lowest BCUT2D eigenvalue weighted by Gasteiger charge is -2.24. The molecular formula is C37H51Br2Cl2N4+. The van der Waals surface area contributed by atoms with E-state index in [0.29, 0.717) is 0 Å². The van der Waals surface area contributed by atoms with Crippen LogP contribution in [0.4, 0.5) is 11.4 Å². The summed E-state index contributed by atoms with van der Waals surface area (Å²) >= 11 is 20.6. The predicted molar refractivity (Wildman–Crippen MR) is 204 cm³/mol. The molecule has 1 aliphatic rings. The first-order chi connectivity index (χ1) is 21.9.